The molecular weight excluding hydrogens is 378 g/mol. The summed E-state index contributed by atoms with van der Waals surface area (Å²) in [5.74, 6) is 0.773. The molecule has 0 aliphatic rings. The van der Waals surface area contributed by atoms with Gasteiger partial charge in [0.2, 0.25) is 0 Å². The van der Waals surface area contributed by atoms with Gasteiger partial charge in [-0.2, -0.15) is 0 Å². The van der Waals surface area contributed by atoms with Crippen molar-refractivity contribution in [1.29, 1.82) is 0 Å². The van der Waals surface area contributed by atoms with E-state index in [1.54, 1.807) is 43.3 Å². The summed E-state index contributed by atoms with van der Waals surface area (Å²) in [5, 5.41) is 3.16. The summed E-state index contributed by atoms with van der Waals surface area (Å²) in [6, 6.07) is 15.8. The second-order valence-corrected chi connectivity index (χ2v) is 8.39. The zero-order chi connectivity index (χ0) is 20.3. The van der Waals surface area contributed by atoms with E-state index in [0.717, 1.165) is 0 Å². The van der Waals surface area contributed by atoms with Gasteiger partial charge in [-0.15, -0.1) is 0 Å². The maximum atomic E-state index is 11.9. The molecule has 2 aromatic carbocycles. The van der Waals surface area contributed by atoms with E-state index in [0.29, 0.717) is 45.3 Å². The summed E-state index contributed by atoms with van der Waals surface area (Å²) in [5.41, 5.74) is 2.46. The van der Waals surface area contributed by atoms with Gasteiger partial charge in [-0.1, -0.05) is 24.3 Å². The zero-order valence-corrected chi connectivity index (χ0v) is 16.7. The molecule has 28 heavy (non-hydrogen) atoms. The van der Waals surface area contributed by atoms with E-state index in [1.807, 2.05) is 18.2 Å². The molecule has 0 radical (unpaired) electrons. The Morgan fingerprint density at radius 3 is 2.57 bits per heavy atom. The predicted octanol–water partition coefficient (Wildman–Crippen LogP) is 4.06. The van der Waals surface area contributed by atoms with E-state index in [9.17, 15) is 13.2 Å². The molecule has 0 saturated heterocycles. The van der Waals surface area contributed by atoms with Gasteiger partial charge in [0, 0.05) is 17.5 Å². The molecule has 3 aromatic rings. The first-order chi connectivity index (χ1) is 13.3. The molecule has 1 aromatic heterocycles. The number of ether oxygens (including phenoxy) is 1. The molecule has 0 unspecified atom stereocenters. The van der Waals surface area contributed by atoms with Crippen molar-refractivity contribution in [1.82, 2.24) is 0 Å². The van der Waals surface area contributed by atoms with Gasteiger partial charge in [0.25, 0.3) is 0 Å². The van der Waals surface area contributed by atoms with Crippen LogP contribution < -0.4 is 5.32 Å². The standard InChI is InChI=1S/C21H21NO5S/c1-14-8-9-15(12-20(14)28(3,24)25)22-13-16-10-11-19(27-16)17-6-4-5-7-18(17)21(23)26-2/h4-12,22H,13H2,1-3H3. The number of hydrogen-bond donors (Lipinski definition) is 1. The lowest BCUT2D eigenvalue weighted by Crippen LogP contribution is -2.03. The Morgan fingerprint density at radius 2 is 1.86 bits per heavy atom. The highest BCUT2D eigenvalue weighted by molar-refractivity contribution is 7.90. The quantitative estimate of drug-likeness (QED) is 0.629. The van der Waals surface area contributed by atoms with Crippen LogP contribution in [0.15, 0.2) is 63.9 Å². The van der Waals surface area contributed by atoms with E-state index < -0.39 is 15.8 Å². The maximum absolute atomic E-state index is 11.9. The number of rotatable bonds is 6. The third-order valence-corrected chi connectivity index (χ3v) is 5.55. The molecule has 0 spiro atoms. The van der Waals surface area contributed by atoms with Crippen molar-refractivity contribution in [3.63, 3.8) is 0 Å². The van der Waals surface area contributed by atoms with Crippen LogP contribution in [0.3, 0.4) is 0 Å². The third-order valence-electron chi connectivity index (χ3n) is 4.31. The van der Waals surface area contributed by atoms with E-state index >= 15 is 0 Å². The van der Waals surface area contributed by atoms with E-state index in [1.165, 1.54) is 13.4 Å². The fourth-order valence-electron chi connectivity index (χ4n) is 2.90. The Balaban J connectivity index is 1.79. The number of methoxy groups -OCH3 is 1. The lowest BCUT2D eigenvalue weighted by atomic mass is 10.1. The third kappa shape index (κ3) is 4.26. The topological polar surface area (TPSA) is 85.6 Å². The number of sulfone groups is 1. The smallest absolute Gasteiger partial charge is 0.338 e. The summed E-state index contributed by atoms with van der Waals surface area (Å²) < 4.78 is 34.4. The number of esters is 1. The Kier molecular flexibility index (Phi) is 5.56. The van der Waals surface area contributed by atoms with Crippen molar-refractivity contribution >= 4 is 21.5 Å². The van der Waals surface area contributed by atoms with Crippen LogP contribution in [0.5, 0.6) is 0 Å². The Morgan fingerprint density at radius 1 is 1.11 bits per heavy atom. The Hall–Kier alpha value is -3.06. The summed E-state index contributed by atoms with van der Waals surface area (Å²) >= 11 is 0. The molecule has 0 atom stereocenters. The van der Waals surface area contributed by atoms with E-state index in [2.05, 4.69) is 5.32 Å². The van der Waals surface area contributed by atoms with Gasteiger partial charge in [-0.25, -0.2) is 13.2 Å². The minimum atomic E-state index is -3.29. The van der Waals surface area contributed by atoms with Crippen LogP contribution in [0.1, 0.15) is 21.7 Å². The van der Waals surface area contributed by atoms with Crippen molar-refractivity contribution in [2.24, 2.45) is 0 Å². The minimum Gasteiger partial charge on any atom is -0.465 e. The number of benzene rings is 2. The summed E-state index contributed by atoms with van der Waals surface area (Å²) in [7, 11) is -1.96. The number of nitrogens with one attached hydrogen (secondary N) is 1. The average molecular weight is 399 g/mol. The van der Waals surface area contributed by atoms with Crippen LogP contribution >= 0.6 is 0 Å². The average Bonchev–Trinajstić information content (AvgIpc) is 3.14. The summed E-state index contributed by atoms with van der Waals surface area (Å²) in [4.78, 5) is 12.2. The fourth-order valence-corrected chi connectivity index (χ4v) is 3.90. The Bertz CT molecular complexity index is 1120. The van der Waals surface area contributed by atoms with Crippen LogP contribution in [-0.2, 0) is 21.1 Å². The van der Waals surface area contributed by atoms with Gasteiger partial charge in [-0.3, -0.25) is 0 Å². The molecule has 0 aliphatic heterocycles. The van der Waals surface area contributed by atoms with Gasteiger partial charge in [0.1, 0.15) is 11.5 Å². The molecule has 0 bridgehead atoms. The monoisotopic (exact) mass is 399 g/mol. The number of carbonyl (C=O) groups excluding carboxylic acids is 1. The van der Waals surface area contributed by atoms with Crippen LogP contribution in [0, 0.1) is 6.92 Å². The van der Waals surface area contributed by atoms with Gasteiger partial charge in [-0.05, 0) is 42.8 Å². The first-order valence-corrected chi connectivity index (χ1v) is 10.5. The molecule has 7 heteroatoms. The minimum absolute atomic E-state index is 0.296. The SMILES string of the molecule is COC(=O)c1ccccc1-c1ccc(CNc2ccc(C)c(S(C)(=O)=O)c2)o1. The number of carbonyl (C=O) groups is 1. The molecule has 0 amide bonds. The first kappa shape index (κ1) is 19.7. The number of anilines is 1. The van der Waals surface area contributed by atoms with Crippen molar-refractivity contribution < 1.29 is 22.4 Å². The molecule has 146 valence electrons. The lowest BCUT2D eigenvalue weighted by molar-refractivity contribution is 0.0601. The molecular formula is C21H21NO5S. The van der Waals surface area contributed by atoms with Crippen LogP contribution in [0.2, 0.25) is 0 Å². The van der Waals surface area contributed by atoms with Crippen molar-refractivity contribution in [3.05, 3.63) is 71.5 Å². The van der Waals surface area contributed by atoms with Crippen molar-refractivity contribution in [2.75, 3.05) is 18.7 Å². The number of hydrogen-bond acceptors (Lipinski definition) is 6. The van der Waals surface area contributed by atoms with Crippen molar-refractivity contribution in [2.45, 2.75) is 18.4 Å². The summed E-state index contributed by atoms with van der Waals surface area (Å²) in [6.07, 6.45) is 1.19. The van der Waals surface area contributed by atoms with Crippen LogP contribution in [0.25, 0.3) is 11.3 Å². The van der Waals surface area contributed by atoms with Crippen LogP contribution in [-0.4, -0.2) is 27.8 Å². The molecule has 0 fully saturated rings. The highest BCUT2D eigenvalue weighted by atomic mass is 32.2. The van der Waals surface area contributed by atoms with Gasteiger partial charge in [0.15, 0.2) is 9.84 Å². The number of furan rings is 1. The molecule has 1 heterocycles. The van der Waals surface area contributed by atoms with Crippen LogP contribution in [0.4, 0.5) is 5.69 Å². The predicted molar refractivity (Wildman–Crippen MR) is 107 cm³/mol. The van der Waals surface area contributed by atoms with Gasteiger partial charge in [0.05, 0.1) is 24.1 Å². The lowest BCUT2D eigenvalue weighted by Gasteiger charge is -2.09. The van der Waals surface area contributed by atoms with Crippen molar-refractivity contribution in [3.8, 4) is 11.3 Å². The molecule has 3 rings (SSSR count). The normalized spacial score (nSPS) is 11.2. The zero-order valence-electron chi connectivity index (χ0n) is 15.9. The highest BCUT2D eigenvalue weighted by Gasteiger charge is 2.16. The largest absolute Gasteiger partial charge is 0.465 e. The molecule has 6 nitrogen and oxygen atoms in total. The first-order valence-electron chi connectivity index (χ1n) is 8.60. The summed E-state index contributed by atoms with van der Waals surface area (Å²) in [6.45, 7) is 2.13. The second-order valence-electron chi connectivity index (χ2n) is 6.41. The van der Waals surface area contributed by atoms with Gasteiger partial charge < -0.3 is 14.5 Å². The second kappa shape index (κ2) is 7.90. The maximum Gasteiger partial charge on any atom is 0.338 e. The molecule has 0 saturated carbocycles. The molecule has 1 N–H and O–H groups in total. The number of aryl methyl sites for hydroxylation is 1. The van der Waals surface area contributed by atoms with E-state index in [4.69, 9.17) is 9.15 Å². The Labute approximate surface area is 164 Å². The van der Waals surface area contributed by atoms with Gasteiger partial charge >= 0.3 is 5.97 Å². The molecule has 0 aliphatic carbocycles. The fraction of sp³-hybridized carbons (Fsp3) is 0.190. The highest BCUT2D eigenvalue weighted by Crippen LogP contribution is 2.27. The van der Waals surface area contributed by atoms with E-state index in [-0.39, 0.29) is 0 Å².